The lowest BCUT2D eigenvalue weighted by atomic mass is 10.1. The average molecular weight is 319 g/mol. The Hall–Kier alpha value is -2.63. The van der Waals surface area contributed by atoms with Crippen LogP contribution in [0.3, 0.4) is 0 Å². The van der Waals surface area contributed by atoms with E-state index in [2.05, 4.69) is 6.58 Å². The highest BCUT2D eigenvalue weighted by atomic mass is 16.6. The number of carboxylic acids is 1. The lowest BCUT2D eigenvalue weighted by molar-refractivity contribution is -0.143. The number of carbonyl (C=O) groups excluding carboxylic acids is 2. The van der Waals surface area contributed by atoms with Crippen LogP contribution in [0, 0.1) is 0 Å². The molecule has 1 aromatic carbocycles. The van der Waals surface area contributed by atoms with Gasteiger partial charge >= 0.3 is 12.1 Å². The van der Waals surface area contributed by atoms with Gasteiger partial charge in [0.1, 0.15) is 18.9 Å². The number of allylic oxidation sites excluding steroid dienone is 1. The molecule has 1 rings (SSSR count). The third-order valence-electron chi connectivity index (χ3n) is 3.22. The number of nitrogens with zero attached hydrogens (tertiary/aromatic N) is 1. The van der Waals surface area contributed by atoms with Crippen LogP contribution >= 0.6 is 0 Å². The van der Waals surface area contributed by atoms with E-state index in [1.165, 1.54) is 0 Å². The molecule has 6 heteroatoms. The number of carbonyl (C=O) groups is 3. The van der Waals surface area contributed by atoms with E-state index in [1.54, 1.807) is 31.2 Å². The maximum absolute atomic E-state index is 12.2. The Bertz CT molecular complexity index is 555. The quantitative estimate of drug-likeness (QED) is 0.559. The lowest BCUT2D eigenvalue weighted by Gasteiger charge is -2.26. The van der Waals surface area contributed by atoms with Crippen molar-refractivity contribution in [1.82, 2.24) is 4.90 Å². The Labute approximate surface area is 135 Å². The monoisotopic (exact) mass is 319 g/mol. The first kappa shape index (κ1) is 18.4. The van der Waals surface area contributed by atoms with Crippen molar-refractivity contribution < 1.29 is 24.2 Å². The number of benzene rings is 1. The summed E-state index contributed by atoms with van der Waals surface area (Å²) in [6.07, 6.45) is 0.285. The van der Waals surface area contributed by atoms with Gasteiger partial charge in [0.05, 0.1) is 6.54 Å². The molecule has 0 radical (unpaired) electrons. The van der Waals surface area contributed by atoms with Gasteiger partial charge in [0.15, 0.2) is 0 Å². The second kappa shape index (κ2) is 9.40. The molecule has 0 unspecified atom stereocenters. The number of hydrogen-bond donors (Lipinski definition) is 1. The van der Waals surface area contributed by atoms with Crippen molar-refractivity contribution in [3.8, 4) is 0 Å². The molecule has 0 aliphatic rings. The Morgan fingerprint density at radius 1 is 1.35 bits per heavy atom. The molecule has 0 spiro atoms. The molecule has 1 amide bonds. The largest absolute Gasteiger partial charge is 0.480 e. The predicted octanol–water partition coefficient (Wildman–Crippen LogP) is 2.63. The Morgan fingerprint density at radius 3 is 2.52 bits per heavy atom. The van der Waals surface area contributed by atoms with Gasteiger partial charge in [0.25, 0.3) is 0 Å². The van der Waals surface area contributed by atoms with E-state index in [1.807, 2.05) is 6.07 Å². The molecule has 0 aromatic heterocycles. The van der Waals surface area contributed by atoms with Crippen molar-refractivity contribution in [2.75, 3.05) is 6.54 Å². The topological polar surface area (TPSA) is 83.9 Å². The van der Waals surface area contributed by atoms with Crippen LogP contribution in [0.4, 0.5) is 4.79 Å². The van der Waals surface area contributed by atoms with Crippen LogP contribution in [-0.4, -0.2) is 40.9 Å². The number of aldehydes is 1. The van der Waals surface area contributed by atoms with Crippen molar-refractivity contribution in [3.05, 3.63) is 48.0 Å². The lowest BCUT2D eigenvalue weighted by Crippen LogP contribution is -2.46. The SMILES string of the molecule is C=C(C)CC[C@@H](C(=O)O)N(CC=O)C(=O)OCc1ccccc1. The molecular formula is C17H21NO5. The van der Waals surface area contributed by atoms with Crippen LogP contribution in [0.1, 0.15) is 25.3 Å². The summed E-state index contributed by atoms with van der Waals surface area (Å²) in [4.78, 5) is 35.3. The van der Waals surface area contributed by atoms with Crippen molar-refractivity contribution in [2.45, 2.75) is 32.4 Å². The first-order chi connectivity index (χ1) is 11.0. The maximum Gasteiger partial charge on any atom is 0.411 e. The zero-order chi connectivity index (χ0) is 17.2. The standard InChI is InChI=1S/C17H21NO5/c1-13(2)8-9-15(16(20)21)18(10-11-19)17(22)23-12-14-6-4-3-5-7-14/h3-7,11,15H,1,8-10,12H2,2H3,(H,20,21)/t15-/m0/s1. The molecule has 6 nitrogen and oxygen atoms in total. The van der Waals surface area contributed by atoms with E-state index in [0.29, 0.717) is 12.7 Å². The van der Waals surface area contributed by atoms with Gasteiger partial charge in [-0.05, 0) is 25.3 Å². The van der Waals surface area contributed by atoms with Gasteiger partial charge in [0, 0.05) is 0 Å². The number of amides is 1. The van der Waals surface area contributed by atoms with E-state index in [-0.39, 0.29) is 19.6 Å². The Kier molecular flexibility index (Phi) is 7.53. The van der Waals surface area contributed by atoms with Crippen LogP contribution in [-0.2, 0) is 20.9 Å². The van der Waals surface area contributed by atoms with Gasteiger partial charge in [-0.1, -0.05) is 35.9 Å². The van der Waals surface area contributed by atoms with Crippen LogP contribution in [0.25, 0.3) is 0 Å². The molecule has 0 heterocycles. The van der Waals surface area contributed by atoms with Crippen molar-refractivity contribution in [3.63, 3.8) is 0 Å². The highest BCUT2D eigenvalue weighted by Gasteiger charge is 2.30. The molecule has 1 atom stereocenters. The summed E-state index contributed by atoms with van der Waals surface area (Å²) in [5.74, 6) is -1.18. The fourth-order valence-corrected chi connectivity index (χ4v) is 2.01. The van der Waals surface area contributed by atoms with E-state index in [9.17, 15) is 19.5 Å². The third-order valence-corrected chi connectivity index (χ3v) is 3.22. The smallest absolute Gasteiger partial charge is 0.411 e. The molecule has 0 saturated heterocycles. The molecule has 0 aliphatic heterocycles. The zero-order valence-corrected chi connectivity index (χ0v) is 13.1. The van der Waals surface area contributed by atoms with Gasteiger partial charge < -0.3 is 14.6 Å². The maximum atomic E-state index is 12.2. The predicted molar refractivity (Wildman–Crippen MR) is 84.9 cm³/mol. The average Bonchev–Trinajstić information content (AvgIpc) is 2.52. The molecule has 1 N–H and O–H groups in total. The second-order valence-electron chi connectivity index (χ2n) is 5.21. The van der Waals surface area contributed by atoms with E-state index in [0.717, 1.165) is 16.0 Å². The minimum absolute atomic E-state index is 0.0157. The van der Waals surface area contributed by atoms with Gasteiger partial charge in [-0.3, -0.25) is 4.90 Å². The third kappa shape index (κ3) is 6.34. The molecule has 1 aromatic rings. The molecule has 0 bridgehead atoms. The van der Waals surface area contributed by atoms with E-state index >= 15 is 0 Å². The number of rotatable bonds is 9. The number of carboxylic acid groups (broad SMARTS) is 1. The highest BCUT2D eigenvalue weighted by Crippen LogP contribution is 2.13. The summed E-state index contributed by atoms with van der Waals surface area (Å²) < 4.78 is 5.12. The Morgan fingerprint density at radius 2 is 2.00 bits per heavy atom. The first-order valence-electron chi connectivity index (χ1n) is 7.23. The van der Waals surface area contributed by atoms with Crippen LogP contribution in [0.15, 0.2) is 42.5 Å². The first-order valence-corrected chi connectivity index (χ1v) is 7.23. The van der Waals surface area contributed by atoms with Crippen molar-refractivity contribution >= 4 is 18.3 Å². The summed E-state index contributed by atoms with van der Waals surface area (Å²) >= 11 is 0. The summed E-state index contributed by atoms with van der Waals surface area (Å²) in [5, 5.41) is 9.32. The number of aliphatic carboxylic acids is 1. The summed E-state index contributed by atoms with van der Waals surface area (Å²) in [6, 6.07) is 7.89. The molecule has 0 fully saturated rings. The summed E-state index contributed by atoms with van der Waals surface area (Å²) in [7, 11) is 0. The molecular weight excluding hydrogens is 298 g/mol. The van der Waals surface area contributed by atoms with Gasteiger partial charge in [-0.2, -0.15) is 0 Å². The minimum atomic E-state index is -1.18. The fourth-order valence-electron chi connectivity index (χ4n) is 2.01. The van der Waals surface area contributed by atoms with Gasteiger partial charge in [0.2, 0.25) is 0 Å². The Balaban J connectivity index is 2.76. The van der Waals surface area contributed by atoms with Gasteiger partial charge in [-0.15, -0.1) is 6.58 Å². The van der Waals surface area contributed by atoms with Crippen molar-refractivity contribution in [2.24, 2.45) is 0 Å². The van der Waals surface area contributed by atoms with Crippen LogP contribution < -0.4 is 0 Å². The zero-order valence-electron chi connectivity index (χ0n) is 13.1. The molecule has 0 saturated carbocycles. The van der Waals surface area contributed by atoms with Crippen molar-refractivity contribution in [1.29, 1.82) is 0 Å². The van der Waals surface area contributed by atoms with Crippen LogP contribution in [0.2, 0.25) is 0 Å². The van der Waals surface area contributed by atoms with Gasteiger partial charge in [-0.25, -0.2) is 9.59 Å². The number of ether oxygens (including phenoxy) is 1. The van der Waals surface area contributed by atoms with Crippen LogP contribution in [0.5, 0.6) is 0 Å². The molecule has 23 heavy (non-hydrogen) atoms. The van der Waals surface area contributed by atoms with E-state index < -0.39 is 18.1 Å². The molecule has 0 aliphatic carbocycles. The van der Waals surface area contributed by atoms with E-state index in [4.69, 9.17) is 4.74 Å². The number of hydrogen-bond acceptors (Lipinski definition) is 4. The second-order valence-corrected chi connectivity index (χ2v) is 5.21. The highest BCUT2D eigenvalue weighted by molar-refractivity contribution is 5.81. The molecule has 124 valence electrons. The normalized spacial score (nSPS) is 11.3. The fraction of sp³-hybridized carbons (Fsp3) is 0.353. The summed E-state index contributed by atoms with van der Waals surface area (Å²) in [5.41, 5.74) is 1.58. The summed E-state index contributed by atoms with van der Waals surface area (Å²) in [6.45, 7) is 5.17. The minimum Gasteiger partial charge on any atom is -0.480 e.